The van der Waals surface area contributed by atoms with Crippen molar-refractivity contribution in [2.75, 3.05) is 17.2 Å². The maximum absolute atomic E-state index is 5.62. The monoisotopic (exact) mass is 384 g/mol. The lowest BCUT2D eigenvalue weighted by atomic mass is 10.3. The summed E-state index contributed by atoms with van der Waals surface area (Å²) in [5.74, 6) is 2.19. The van der Waals surface area contributed by atoms with E-state index in [-0.39, 0.29) is 0 Å². The first-order valence-corrected chi connectivity index (χ1v) is 8.37. The minimum absolute atomic E-state index is 0.609. The summed E-state index contributed by atoms with van der Waals surface area (Å²) >= 11 is 3.46. The molecule has 0 amide bonds. The highest BCUT2D eigenvalue weighted by atomic mass is 79.9. The van der Waals surface area contributed by atoms with Gasteiger partial charge in [-0.25, -0.2) is 9.97 Å². The molecule has 2 aromatic carbocycles. The Morgan fingerprint density at radius 3 is 2.54 bits per heavy atom. The van der Waals surface area contributed by atoms with Crippen LogP contribution >= 0.6 is 15.9 Å². The Morgan fingerprint density at radius 2 is 1.75 bits per heavy atom. The van der Waals surface area contributed by atoms with Crippen molar-refractivity contribution in [1.29, 1.82) is 0 Å². The fourth-order valence-corrected chi connectivity index (χ4v) is 2.60. The summed E-state index contributed by atoms with van der Waals surface area (Å²) < 4.78 is 6.63. The van der Waals surface area contributed by atoms with E-state index in [0.29, 0.717) is 18.2 Å². The third-order valence-corrected chi connectivity index (χ3v) is 3.71. The van der Waals surface area contributed by atoms with Crippen LogP contribution in [0.2, 0.25) is 0 Å². The van der Waals surface area contributed by atoms with Gasteiger partial charge in [0, 0.05) is 16.2 Å². The van der Waals surface area contributed by atoms with Crippen LogP contribution in [0.5, 0.6) is 5.75 Å². The number of rotatable bonds is 6. The number of nitrogens with one attached hydrogen (secondary N) is 2. The minimum atomic E-state index is 0.609. The molecule has 6 heteroatoms. The summed E-state index contributed by atoms with van der Waals surface area (Å²) in [6, 6.07) is 17.5. The molecule has 0 aliphatic rings. The number of anilines is 4. The zero-order valence-electron chi connectivity index (χ0n) is 13.2. The predicted octanol–water partition coefficient (Wildman–Crippen LogP) is 5.13. The lowest BCUT2D eigenvalue weighted by molar-refractivity contribution is 0.342. The van der Waals surface area contributed by atoms with E-state index in [1.54, 1.807) is 0 Å². The third-order valence-electron chi connectivity index (χ3n) is 3.21. The molecule has 0 radical (unpaired) electrons. The Balaban J connectivity index is 1.78. The van der Waals surface area contributed by atoms with Crippen molar-refractivity contribution in [1.82, 2.24) is 9.97 Å². The standard InChI is InChI=1S/C18H17BrN4O/c1-2-24-16-9-4-3-8-15(16)23-18-11-17(20-12-21-18)22-14-7-5-6-13(19)10-14/h3-12H,2H2,1H3,(H2,20,21,22,23). The minimum Gasteiger partial charge on any atom is -0.492 e. The second-order valence-corrected chi connectivity index (χ2v) is 5.89. The van der Waals surface area contributed by atoms with Crippen LogP contribution in [0, 0.1) is 0 Å². The molecule has 0 spiro atoms. The zero-order valence-corrected chi connectivity index (χ0v) is 14.7. The third kappa shape index (κ3) is 4.23. The lowest BCUT2D eigenvalue weighted by Gasteiger charge is -2.12. The molecular formula is C18H17BrN4O. The molecule has 24 heavy (non-hydrogen) atoms. The molecule has 0 atom stereocenters. The summed E-state index contributed by atoms with van der Waals surface area (Å²) in [5, 5.41) is 6.53. The quantitative estimate of drug-likeness (QED) is 0.617. The molecule has 5 nitrogen and oxygen atoms in total. The Bertz CT molecular complexity index is 825. The van der Waals surface area contributed by atoms with E-state index in [9.17, 15) is 0 Å². The van der Waals surface area contributed by atoms with Crippen molar-refractivity contribution in [3.8, 4) is 5.75 Å². The average Bonchev–Trinajstić information content (AvgIpc) is 2.57. The summed E-state index contributed by atoms with van der Waals surface area (Å²) in [6.45, 7) is 2.57. The number of halogens is 1. The number of para-hydroxylation sites is 2. The van der Waals surface area contributed by atoms with Crippen LogP contribution < -0.4 is 15.4 Å². The van der Waals surface area contributed by atoms with Crippen LogP contribution in [0.15, 0.2) is 65.4 Å². The molecule has 122 valence electrons. The van der Waals surface area contributed by atoms with Gasteiger partial charge in [0.15, 0.2) is 0 Å². The fourth-order valence-electron chi connectivity index (χ4n) is 2.20. The van der Waals surface area contributed by atoms with Gasteiger partial charge in [0.2, 0.25) is 0 Å². The first-order valence-electron chi connectivity index (χ1n) is 7.58. The normalized spacial score (nSPS) is 10.2. The molecule has 1 heterocycles. The molecule has 0 aliphatic carbocycles. The maximum atomic E-state index is 5.62. The molecule has 0 aliphatic heterocycles. The van der Waals surface area contributed by atoms with E-state index in [1.807, 2.05) is 61.5 Å². The van der Waals surface area contributed by atoms with Gasteiger partial charge >= 0.3 is 0 Å². The number of hydrogen-bond donors (Lipinski definition) is 2. The highest BCUT2D eigenvalue weighted by Crippen LogP contribution is 2.27. The molecular weight excluding hydrogens is 368 g/mol. The topological polar surface area (TPSA) is 59.1 Å². The van der Waals surface area contributed by atoms with Crippen molar-refractivity contribution >= 4 is 38.9 Å². The van der Waals surface area contributed by atoms with Gasteiger partial charge in [-0.1, -0.05) is 34.1 Å². The number of nitrogens with zero attached hydrogens (tertiary/aromatic N) is 2. The fraction of sp³-hybridized carbons (Fsp3) is 0.111. The van der Waals surface area contributed by atoms with Gasteiger partial charge < -0.3 is 15.4 Å². The van der Waals surface area contributed by atoms with Crippen LogP contribution in [-0.2, 0) is 0 Å². The van der Waals surface area contributed by atoms with E-state index >= 15 is 0 Å². The zero-order chi connectivity index (χ0) is 16.8. The molecule has 0 unspecified atom stereocenters. The molecule has 3 rings (SSSR count). The van der Waals surface area contributed by atoms with Gasteiger partial charge in [-0.2, -0.15) is 0 Å². The van der Waals surface area contributed by atoms with Crippen LogP contribution in [0.3, 0.4) is 0 Å². The van der Waals surface area contributed by atoms with E-state index in [1.165, 1.54) is 6.33 Å². The Labute approximate surface area is 149 Å². The Morgan fingerprint density at radius 1 is 0.958 bits per heavy atom. The van der Waals surface area contributed by atoms with Crippen LogP contribution in [-0.4, -0.2) is 16.6 Å². The summed E-state index contributed by atoms with van der Waals surface area (Å²) in [5.41, 5.74) is 1.81. The molecule has 3 aromatic rings. The molecule has 0 fully saturated rings. The van der Waals surface area contributed by atoms with Crippen molar-refractivity contribution in [3.05, 3.63) is 65.4 Å². The summed E-state index contributed by atoms with van der Waals surface area (Å²) in [7, 11) is 0. The van der Waals surface area contributed by atoms with Crippen LogP contribution in [0.1, 0.15) is 6.92 Å². The highest BCUT2D eigenvalue weighted by Gasteiger charge is 2.05. The van der Waals surface area contributed by atoms with Crippen molar-refractivity contribution in [2.45, 2.75) is 6.92 Å². The first kappa shape index (κ1) is 16.3. The van der Waals surface area contributed by atoms with Crippen molar-refractivity contribution in [3.63, 3.8) is 0 Å². The average molecular weight is 385 g/mol. The van der Waals surface area contributed by atoms with Gasteiger partial charge in [-0.05, 0) is 37.3 Å². The SMILES string of the molecule is CCOc1ccccc1Nc1cc(Nc2cccc(Br)c2)ncn1. The van der Waals surface area contributed by atoms with Crippen molar-refractivity contribution in [2.24, 2.45) is 0 Å². The van der Waals surface area contributed by atoms with E-state index in [4.69, 9.17) is 4.74 Å². The largest absolute Gasteiger partial charge is 0.492 e. The molecule has 0 saturated carbocycles. The molecule has 0 bridgehead atoms. The number of hydrogen-bond acceptors (Lipinski definition) is 5. The van der Waals surface area contributed by atoms with Gasteiger partial charge in [0.05, 0.1) is 12.3 Å². The number of aromatic nitrogens is 2. The second kappa shape index (κ2) is 7.79. The predicted molar refractivity (Wildman–Crippen MR) is 100 cm³/mol. The molecule has 0 saturated heterocycles. The van der Waals surface area contributed by atoms with E-state index in [2.05, 4.69) is 36.5 Å². The summed E-state index contributed by atoms with van der Waals surface area (Å²) in [4.78, 5) is 8.52. The Kier molecular flexibility index (Phi) is 5.28. The Hall–Kier alpha value is -2.60. The lowest BCUT2D eigenvalue weighted by Crippen LogP contribution is -2.01. The first-order chi connectivity index (χ1) is 11.7. The van der Waals surface area contributed by atoms with Crippen LogP contribution in [0.4, 0.5) is 23.0 Å². The smallest absolute Gasteiger partial charge is 0.142 e. The summed E-state index contributed by atoms with van der Waals surface area (Å²) in [6.07, 6.45) is 1.52. The van der Waals surface area contributed by atoms with Crippen LogP contribution in [0.25, 0.3) is 0 Å². The van der Waals surface area contributed by atoms with Gasteiger partial charge in [0.1, 0.15) is 23.7 Å². The van der Waals surface area contributed by atoms with Gasteiger partial charge in [0.25, 0.3) is 0 Å². The maximum Gasteiger partial charge on any atom is 0.142 e. The highest BCUT2D eigenvalue weighted by molar-refractivity contribution is 9.10. The molecule has 1 aromatic heterocycles. The second-order valence-electron chi connectivity index (χ2n) is 4.98. The van der Waals surface area contributed by atoms with E-state index in [0.717, 1.165) is 21.6 Å². The number of benzene rings is 2. The van der Waals surface area contributed by atoms with Gasteiger partial charge in [-0.3, -0.25) is 0 Å². The van der Waals surface area contributed by atoms with Crippen molar-refractivity contribution < 1.29 is 4.74 Å². The number of ether oxygens (including phenoxy) is 1. The van der Waals surface area contributed by atoms with E-state index < -0.39 is 0 Å². The molecule has 2 N–H and O–H groups in total. The van der Waals surface area contributed by atoms with Gasteiger partial charge in [-0.15, -0.1) is 0 Å².